The van der Waals surface area contributed by atoms with Crippen LogP contribution in [0.2, 0.25) is 0 Å². The molecule has 3 heterocycles. The number of hydrogen-bond acceptors (Lipinski definition) is 9. The Kier molecular flexibility index (Phi) is 8.48. The van der Waals surface area contributed by atoms with Gasteiger partial charge in [0.2, 0.25) is 17.7 Å². The second-order valence-electron chi connectivity index (χ2n) is 8.59. The Labute approximate surface area is 210 Å². The highest BCUT2D eigenvalue weighted by molar-refractivity contribution is 5.98. The second kappa shape index (κ2) is 12.1. The van der Waals surface area contributed by atoms with Crippen molar-refractivity contribution in [2.24, 2.45) is 0 Å². The largest absolute Gasteiger partial charge is 0.471 e. The number of carbonyl (C=O) groups excluding carboxylic acids is 1. The maximum atomic E-state index is 11.6. The Balaban J connectivity index is 1.50. The number of aromatic nitrogens is 4. The van der Waals surface area contributed by atoms with Crippen LogP contribution in [-0.4, -0.2) is 77.5 Å². The van der Waals surface area contributed by atoms with Crippen LogP contribution in [0, 0.1) is 0 Å². The zero-order valence-electron chi connectivity index (χ0n) is 20.7. The van der Waals surface area contributed by atoms with Gasteiger partial charge in [0.1, 0.15) is 12.3 Å². The van der Waals surface area contributed by atoms with Crippen molar-refractivity contribution in [3.05, 3.63) is 61.1 Å². The van der Waals surface area contributed by atoms with E-state index < -0.39 is 0 Å². The van der Waals surface area contributed by atoms with Crippen LogP contribution in [0.3, 0.4) is 0 Å². The smallest absolute Gasteiger partial charge is 0.247 e. The summed E-state index contributed by atoms with van der Waals surface area (Å²) >= 11 is 0. The quantitative estimate of drug-likeness (QED) is 0.390. The molecule has 0 spiro atoms. The monoisotopic (exact) mass is 492 g/mol. The molecule has 1 aliphatic heterocycles. The van der Waals surface area contributed by atoms with E-state index in [1.165, 1.54) is 6.08 Å². The lowest BCUT2D eigenvalue weighted by Crippen LogP contribution is -2.36. The molecule has 1 amide bonds. The number of morpholine rings is 1. The molecule has 1 saturated heterocycles. The first-order valence-electron chi connectivity index (χ1n) is 11.8. The van der Waals surface area contributed by atoms with Crippen LogP contribution in [0.15, 0.2) is 55.5 Å². The number of nitrogens with one attached hydrogen (secondary N) is 2. The molecule has 0 unspecified atom stereocenters. The third-order valence-electron chi connectivity index (χ3n) is 5.51. The molecule has 11 nitrogen and oxygen atoms in total. The van der Waals surface area contributed by atoms with Crippen molar-refractivity contribution in [1.82, 2.24) is 24.6 Å². The molecular weight excluding hydrogens is 460 g/mol. The third-order valence-corrected chi connectivity index (χ3v) is 5.51. The first kappa shape index (κ1) is 25.1. The maximum absolute atomic E-state index is 11.6. The molecular formula is C25H32N8O3. The number of hydrogen-bond donors (Lipinski definition) is 2. The van der Waals surface area contributed by atoms with Gasteiger partial charge in [0.15, 0.2) is 0 Å². The molecule has 11 heteroatoms. The fourth-order valence-electron chi connectivity index (χ4n) is 3.61. The summed E-state index contributed by atoms with van der Waals surface area (Å²) in [5.74, 6) is 0.621. The topological polar surface area (TPSA) is 110 Å². The van der Waals surface area contributed by atoms with Gasteiger partial charge in [0, 0.05) is 31.5 Å². The van der Waals surface area contributed by atoms with Crippen LogP contribution in [0.1, 0.15) is 5.56 Å². The molecule has 0 saturated carbocycles. The molecule has 190 valence electrons. The predicted octanol–water partition coefficient (Wildman–Crippen LogP) is 2.52. The number of amides is 1. The molecule has 0 radical (unpaired) electrons. The van der Waals surface area contributed by atoms with Crippen molar-refractivity contribution in [3.8, 4) is 5.88 Å². The third kappa shape index (κ3) is 7.03. The number of rotatable bonds is 11. The van der Waals surface area contributed by atoms with Crippen LogP contribution in [-0.2, 0) is 22.7 Å². The van der Waals surface area contributed by atoms with Crippen molar-refractivity contribution in [1.29, 1.82) is 0 Å². The molecule has 0 atom stereocenters. The standard InChI is InChI=1S/C25H32N8O3/c1-4-23(34)28-20-7-5-6-19(14-20)18-36-24-22(32-10-12-35-13-11-32)16-26-25(30-24)29-21-15-27-33(17-21)9-8-31(2)3/h4-7,14-17H,1,8-13,18H2,2-3H3,(H,28,34)(H,26,29,30). The van der Waals surface area contributed by atoms with Gasteiger partial charge in [-0.05, 0) is 37.9 Å². The molecule has 4 rings (SSSR count). The summed E-state index contributed by atoms with van der Waals surface area (Å²) in [5, 5.41) is 10.4. The highest BCUT2D eigenvalue weighted by Crippen LogP contribution is 2.29. The van der Waals surface area contributed by atoms with E-state index in [0.717, 1.165) is 43.1 Å². The van der Waals surface area contributed by atoms with Gasteiger partial charge >= 0.3 is 0 Å². The number of likely N-dealkylation sites (N-methyl/N-ethyl adjacent to an activating group) is 1. The normalized spacial score (nSPS) is 13.5. The van der Waals surface area contributed by atoms with Gasteiger partial charge in [-0.25, -0.2) is 4.98 Å². The molecule has 0 aliphatic carbocycles. The van der Waals surface area contributed by atoms with Gasteiger partial charge in [-0.2, -0.15) is 10.1 Å². The Hall–Kier alpha value is -3.96. The first-order chi connectivity index (χ1) is 17.5. The molecule has 1 fully saturated rings. The van der Waals surface area contributed by atoms with Crippen molar-refractivity contribution in [2.45, 2.75) is 13.2 Å². The van der Waals surface area contributed by atoms with Gasteiger partial charge in [-0.1, -0.05) is 18.7 Å². The van der Waals surface area contributed by atoms with Crippen molar-refractivity contribution < 1.29 is 14.3 Å². The SMILES string of the molecule is C=CC(=O)Nc1cccc(COc2nc(Nc3cnn(CCN(C)C)c3)ncc2N2CCOCC2)c1. The van der Waals surface area contributed by atoms with Gasteiger partial charge in [-0.3, -0.25) is 9.48 Å². The minimum Gasteiger partial charge on any atom is -0.471 e. The maximum Gasteiger partial charge on any atom is 0.247 e. The highest BCUT2D eigenvalue weighted by atomic mass is 16.5. The van der Waals surface area contributed by atoms with E-state index in [0.29, 0.717) is 30.7 Å². The number of carbonyl (C=O) groups is 1. The van der Waals surface area contributed by atoms with Gasteiger partial charge in [0.05, 0.1) is 37.8 Å². The molecule has 3 aromatic rings. The Morgan fingerprint density at radius 2 is 2.08 bits per heavy atom. The van der Waals surface area contributed by atoms with Crippen LogP contribution < -0.4 is 20.3 Å². The zero-order chi connectivity index (χ0) is 25.3. The van der Waals surface area contributed by atoms with Crippen molar-refractivity contribution >= 4 is 28.9 Å². The van der Waals surface area contributed by atoms with E-state index in [9.17, 15) is 4.79 Å². The van der Waals surface area contributed by atoms with E-state index in [1.807, 2.05) is 49.2 Å². The van der Waals surface area contributed by atoms with Gasteiger partial charge in [-0.15, -0.1) is 0 Å². The lowest BCUT2D eigenvalue weighted by Gasteiger charge is -2.29. The molecule has 1 aromatic carbocycles. The highest BCUT2D eigenvalue weighted by Gasteiger charge is 2.19. The minimum atomic E-state index is -0.265. The van der Waals surface area contributed by atoms with Gasteiger partial charge in [0.25, 0.3) is 0 Å². The molecule has 2 aromatic heterocycles. The van der Waals surface area contributed by atoms with Crippen LogP contribution in [0.4, 0.5) is 23.0 Å². The van der Waals surface area contributed by atoms with Crippen molar-refractivity contribution in [3.63, 3.8) is 0 Å². The first-order valence-corrected chi connectivity index (χ1v) is 11.8. The minimum absolute atomic E-state index is 0.265. The Morgan fingerprint density at radius 3 is 2.86 bits per heavy atom. The molecule has 2 N–H and O–H groups in total. The number of benzene rings is 1. The Morgan fingerprint density at radius 1 is 1.25 bits per heavy atom. The van der Waals surface area contributed by atoms with Crippen LogP contribution in [0.25, 0.3) is 0 Å². The van der Waals surface area contributed by atoms with E-state index in [-0.39, 0.29) is 12.5 Å². The van der Waals surface area contributed by atoms with E-state index in [1.54, 1.807) is 12.4 Å². The van der Waals surface area contributed by atoms with Crippen molar-refractivity contribution in [2.75, 3.05) is 62.5 Å². The van der Waals surface area contributed by atoms with Gasteiger partial charge < -0.3 is 29.9 Å². The van der Waals surface area contributed by atoms with E-state index in [2.05, 4.69) is 42.1 Å². The summed E-state index contributed by atoms with van der Waals surface area (Å²) in [5.41, 5.74) is 3.16. The fourth-order valence-corrected chi connectivity index (χ4v) is 3.61. The summed E-state index contributed by atoms with van der Waals surface area (Å²) in [4.78, 5) is 25.1. The zero-order valence-corrected chi connectivity index (χ0v) is 20.7. The summed E-state index contributed by atoms with van der Waals surface area (Å²) in [6.45, 7) is 8.17. The van der Waals surface area contributed by atoms with E-state index in [4.69, 9.17) is 9.47 Å². The molecule has 0 bridgehead atoms. The summed E-state index contributed by atoms with van der Waals surface area (Å²) < 4.78 is 13.5. The fraction of sp³-hybridized carbons (Fsp3) is 0.360. The average molecular weight is 493 g/mol. The van der Waals surface area contributed by atoms with E-state index >= 15 is 0 Å². The summed E-state index contributed by atoms with van der Waals surface area (Å²) in [6, 6.07) is 7.47. The number of ether oxygens (including phenoxy) is 2. The summed E-state index contributed by atoms with van der Waals surface area (Å²) in [7, 11) is 4.06. The average Bonchev–Trinajstić information content (AvgIpc) is 3.34. The molecule has 1 aliphatic rings. The Bertz CT molecular complexity index is 1170. The second-order valence-corrected chi connectivity index (χ2v) is 8.59. The lowest BCUT2D eigenvalue weighted by atomic mass is 10.2. The van der Waals surface area contributed by atoms with Crippen LogP contribution >= 0.6 is 0 Å². The molecule has 36 heavy (non-hydrogen) atoms. The predicted molar refractivity (Wildman–Crippen MR) is 139 cm³/mol. The number of nitrogens with zero attached hydrogens (tertiary/aromatic N) is 6. The lowest BCUT2D eigenvalue weighted by molar-refractivity contribution is -0.111. The summed E-state index contributed by atoms with van der Waals surface area (Å²) in [6.07, 6.45) is 6.68. The van der Waals surface area contributed by atoms with Crippen LogP contribution in [0.5, 0.6) is 5.88 Å². The number of anilines is 4.